The maximum Gasteiger partial charge on any atom is 0.490 e. The molecule has 1 saturated heterocycles. The van der Waals surface area contributed by atoms with Crippen molar-refractivity contribution in [2.24, 2.45) is 5.92 Å². The van der Waals surface area contributed by atoms with Crippen LogP contribution >= 0.6 is 0 Å². The highest BCUT2D eigenvalue weighted by Gasteiger charge is 2.38. The van der Waals surface area contributed by atoms with Gasteiger partial charge < -0.3 is 19.8 Å². The first-order chi connectivity index (χ1) is 13.7. The van der Waals surface area contributed by atoms with E-state index in [1.54, 1.807) is 0 Å². The maximum atomic E-state index is 12.7. The summed E-state index contributed by atoms with van der Waals surface area (Å²) >= 11 is 0. The number of hydrogen-bond donors (Lipinski definition) is 1. The van der Waals surface area contributed by atoms with Crippen molar-refractivity contribution in [1.29, 1.82) is 0 Å². The number of aryl methyl sites for hydroxylation is 1. The quantitative estimate of drug-likeness (QED) is 0.780. The number of carboxylic acids is 1. The van der Waals surface area contributed by atoms with Crippen molar-refractivity contribution in [2.45, 2.75) is 46.8 Å². The third-order valence-electron chi connectivity index (χ3n) is 4.60. The van der Waals surface area contributed by atoms with Crippen LogP contribution in [-0.2, 0) is 9.59 Å². The molecule has 1 aromatic rings. The molecular formula is C19H30F3N5O3. The van der Waals surface area contributed by atoms with Crippen LogP contribution in [0.5, 0.6) is 0 Å². The molecule has 1 N–H and O–H groups in total. The highest BCUT2D eigenvalue weighted by Crippen LogP contribution is 2.26. The van der Waals surface area contributed by atoms with Crippen LogP contribution in [0, 0.1) is 19.8 Å². The highest BCUT2D eigenvalue weighted by atomic mass is 19.4. The molecule has 0 aliphatic carbocycles. The Morgan fingerprint density at radius 3 is 2.20 bits per heavy atom. The Hall–Kier alpha value is -2.59. The zero-order chi connectivity index (χ0) is 23.4. The third-order valence-corrected chi connectivity index (χ3v) is 4.60. The van der Waals surface area contributed by atoms with Crippen LogP contribution in [-0.4, -0.2) is 77.8 Å². The number of carbonyl (C=O) groups excluding carboxylic acids is 1. The number of halogens is 3. The largest absolute Gasteiger partial charge is 0.490 e. The number of amides is 1. The van der Waals surface area contributed by atoms with E-state index >= 15 is 0 Å². The van der Waals surface area contributed by atoms with E-state index in [0.717, 1.165) is 36.7 Å². The molecule has 1 aromatic heterocycles. The smallest absolute Gasteiger partial charge is 0.475 e. The molecule has 1 amide bonds. The molecule has 1 fully saturated rings. The molecule has 1 unspecified atom stereocenters. The van der Waals surface area contributed by atoms with Crippen molar-refractivity contribution in [3.63, 3.8) is 0 Å². The zero-order valence-corrected chi connectivity index (χ0v) is 18.4. The lowest BCUT2D eigenvalue weighted by Gasteiger charge is -2.41. The molecule has 1 aliphatic heterocycles. The minimum Gasteiger partial charge on any atom is -0.475 e. The number of nitrogens with zero attached hydrogens (tertiary/aromatic N) is 5. The van der Waals surface area contributed by atoms with Crippen molar-refractivity contribution >= 4 is 23.6 Å². The lowest BCUT2D eigenvalue weighted by molar-refractivity contribution is -0.192. The normalized spacial score (nSPS) is 17.0. The number of aliphatic carboxylic acids is 1. The van der Waals surface area contributed by atoms with Gasteiger partial charge in [0.05, 0.1) is 0 Å². The van der Waals surface area contributed by atoms with Crippen molar-refractivity contribution in [3.05, 3.63) is 11.3 Å². The van der Waals surface area contributed by atoms with E-state index in [2.05, 4.69) is 23.7 Å². The summed E-state index contributed by atoms with van der Waals surface area (Å²) in [6.45, 7) is 12.7. The fourth-order valence-corrected chi connectivity index (χ4v) is 2.92. The molecule has 170 valence electrons. The van der Waals surface area contributed by atoms with Crippen LogP contribution in [0.4, 0.5) is 24.9 Å². The molecular weight excluding hydrogens is 403 g/mol. The SMILES string of the molecule is Cc1nc(N(C)C)nc(N2CCN(CC(C)C)C(=O)C2C)c1C.O=C(O)C(F)(F)F. The predicted molar refractivity (Wildman–Crippen MR) is 108 cm³/mol. The summed E-state index contributed by atoms with van der Waals surface area (Å²) in [5, 5.41) is 7.12. The fourth-order valence-electron chi connectivity index (χ4n) is 2.92. The van der Waals surface area contributed by atoms with E-state index in [1.165, 1.54) is 0 Å². The van der Waals surface area contributed by atoms with Gasteiger partial charge >= 0.3 is 12.1 Å². The van der Waals surface area contributed by atoms with E-state index in [9.17, 15) is 18.0 Å². The van der Waals surface area contributed by atoms with Gasteiger partial charge in [-0.1, -0.05) is 13.8 Å². The lowest BCUT2D eigenvalue weighted by Crippen LogP contribution is -2.57. The van der Waals surface area contributed by atoms with E-state index in [1.807, 2.05) is 44.7 Å². The van der Waals surface area contributed by atoms with E-state index in [0.29, 0.717) is 11.9 Å². The van der Waals surface area contributed by atoms with Gasteiger partial charge in [0.1, 0.15) is 11.9 Å². The maximum absolute atomic E-state index is 12.7. The van der Waals surface area contributed by atoms with Gasteiger partial charge in [0, 0.05) is 45.0 Å². The molecule has 30 heavy (non-hydrogen) atoms. The molecule has 0 saturated carbocycles. The van der Waals surface area contributed by atoms with E-state index < -0.39 is 12.1 Å². The lowest BCUT2D eigenvalue weighted by atomic mass is 10.1. The molecule has 1 aliphatic rings. The van der Waals surface area contributed by atoms with Gasteiger partial charge in [0.25, 0.3) is 0 Å². The van der Waals surface area contributed by atoms with Crippen LogP contribution in [0.15, 0.2) is 0 Å². The van der Waals surface area contributed by atoms with Crippen molar-refractivity contribution in [3.8, 4) is 0 Å². The average Bonchev–Trinajstić information content (AvgIpc) is 2.61. The van der Waals surface area contributed by atoms with Crippen molar-refractivity contribution in [2.75, 3.05) is 43.5 Å². The Morgan fingerprint density at radius 1 is 1.23 bits per heavy atom. The number of alkyl halides is 3. The number of carboxylic acid groups (broad SMARTS) is 1. The number of aromatic nitrogens is 2. The summed E-state index contributed by atoms with van der Waals surface area (Å²) in [7, 11) is 3.87. The first kappa shape index (κ1) is 25.4. The van der Waals surface area contributed by atoms with E-state index in [4.69, 9.17) is 14.9 Å². The first-order valence-electron chi connectivity index (χ1n) is 9.54. The van der Waals surface area contributed by atoms with Crippen molar-refractivity contribution < 1.29 is 27.9 Å². The molecule has 8 nitrogen and oxygen atoms in total. The van der Waals surface area contributed by atoms with Crippen LogP contribution in [0.25, 0.3) is 0 Å². The summed E-state index contributed by atoms with van der Waals surface area (Å²) in [6, 6.07) is -0.189. The van der Waals surface area contributed by atoms with Crippen LogP contribution < -0.4 is 9.80 Å². The second-order valence-corrected chi connectivity index (χ2v) is 7.80. The predicted octanol–water partition coefficient (Wildman–Crippen LogP) is 2.49. The van der Waals surface area contributed by atoms with Crippen LogP contribution in [0.1, 0.15) is 32.0 Å². The summed E-state index contributed by atoms with van der Waals surface area (Å²) in [6.07, 6.45) is -5.08. The Bertz CT molecular complexity index is 769. The Morgan fingerprint density at radius 2 is 1.77 bits per heavy atom. The molecule has 0 bridgehead atoms. The summed E-state index contributed by atoms with van der Waals surface area (Å²) in [4.78, 5) is 36.8. The second kappa shape index (κ2) is 9.94. The van der Waals surface area contributed by atoms with Gasteiger partial charge in [-0.15, -0.1) is 0 Å². The topological polar surface area (TPSA) is 89.9 Å². The van der Waals surface area contributed by atoms with Crippen LogP contribution in [0.2, 0.25) is 0 Å². The highest BCUT2D eigenvalue weighted by molar-refractivity contribution is 5.86. The molecule has 0 aromatic carbocycles. The van der Waals surface area contributed by atoms with E-state index in [-0.39, 0.29) is 11.9 Å². The molecule has 1 atom stereocenters. The summed E-state index contributed by atoms with van der Waals surface area (Å²) < 4.78 is 31.7. The second-order valence-electron chi connectivity index (χ2n) is 7.80. The number of anilines is 2. The number of carbonyl (C=O) groups is 2. The van der Waals surface area contributed by atoms with Gasteiger partial charge in [0.15, 0.2) is 0 Å². The number of rotatable bonds is 4. The Kier molecular flexibility index (Phi) is 8.43. The van der Waals surface area contributed by atoms with Gasteiger partial charge in [-0.05, 0) is 26.7 Å². The van der Waals surface area contributed by atoms with Crippen molar-refractivity contribution in [1.82, 2.24) is 14.9 Å². The Balaban J connectivity index is 0.000000553. The third kappa shape index (κ3) is 6.46. The minimum atomic E-state index is -5.08. The molecule has 2 rings (SSSR count). The molecule has 0 radical (unpaired) electrons. The van der Waals surface area contributed by atoms with Gasteiger partial charge in [-0.3, -0.25) is 4.79 Å². The first-order valence-corrected chi connectivity index (χ1v) is 9.54. The molecule has 11 heteroatoms. The summed E-state index contributed by atoms with van der Waals surface area (Å²) in [5.74, 6) is -0.515. The van der Waals surface area contributed by atoms with Gasteiger partial charge in [0.2, 0.25) is 11.9 Å². The standard InChI is InChI=1S/C17H29N5O.C2HF3O2/c1-11(2)10-21-8-9-22(14(5)16(21)23)15-12(3)13(4)18-17(19-15)20(6)7;3-2(4,5)1(6)7/h11,14H,8-10H2,1-7H3;(H,6,7). The molecule has 2 heterocycles. The average molecular weight is 433 g/mol. The summed E-state index contributed by atoms with van der Waals surface area (Å²) in [5.41, 5.74) is 2.01. The van der Waals surface area contributed by atoms with Crippen LogP contribution in [0.3, 0.4) is 0 Å². The number of piperazine rings is 1. The van der Waals surface area contributed by atoms with Gasteiger partial charge in [-0.25, -0.2) is 9.78 Å². The minimum absolute atomic E-state index is 0.187. The fraction of sp³-hybridized carbons (Fsp3) is 0.684. The van der Waals surface area contributed by atoms with Gasteiger partial charge in [-0.2, -0.15) is 18.2 Å². The zero-order valence-electron chi connectivity index (χ0n) is 18.4. The monoisotopic (exact) mass is 433 g/mol. The molecule has 0 spiro atoms. The Labute approximate surface area is 174 Å². The number of hydrogen-bond acceptors (Lipinski definition) is 6.